The van der Waals surface area contributed by atoms with Gasteiger partial charge in [-0.3, -0.25) is 4.98 Å². The van der Waals surface area contributed by atoms with Crippen molar-refractivity contribution in [2.45, 2.75) is 50.7 Å². The van der Waals surface area contributed by atoms with Crippen molar-refractivity contribution in [1.82, 2.24) is 4.98 Å². The van der Waals surface area contributed by atoms with Crippen LogP contribution in [0.5, 0.6) is 0 Å². The molecule has 1 N–H and O–H groups in total. The minimum Gasteiger partial charge on any atom is -0.393 e. The molecule has 1 aromatic heterocycles. The van der Waals surface area contributed by atoms with Gasteiger partial charge in [-0.05, 0) is 44.7 Å². The van der Waals surface area contributed by atoms with Gasteiger partial charge in [-0.15, -0.1) is 0 Å². The van der Waals surface area contributed by atoms with E-state index in [1.54, 1.807) is 0 Å². The molecule has 92 valence electrons. The molecular weight excluding hydrogens is 212 g/mol. The maximum atomic E-state index is 9.63. The van der Waals surface area contributed by atoms with Gasteiger partial charge < -0.3 is 10.0 Å². The van der Waals surface area contributed by atoms with Crippen LogP contribution in [0.15, 0.2) is 18.3 Å². The zero-order chi connectivity index (χ0) is 11.8. The molecule has 3 heteroatoms. The van der Waals surface area contributed by atoms with Crippen LogP contribution in [-0.4, -0.2) is 28.8 Å². The third-order valence-electron chi connectivity index (χ3n) is 3.95. The van der Waals surface area contributed by atoms with E-state index in [-0.39, 0.29) is 6.10 Å². The van der Waals surface area contributed by atoms with Crippen LogP contribution in [0.3, 0.4) is 0 Å². The topological polar surface area (TPSA) is 36.4 Å². The van der Waals surface area contributed by atoms with E-state index < -0.39 is 0 Å². The molecule has 0 radical (unpaired) electrons. The average molecular weight is 232 g/mol. The van der Waals surface area contributed by atoms with Crippen LogP contribution >= 0.6 is 0 Å². The Morgan fingerprint density at radius 2 is 2.12 bits per heavy atom. The molecule has 1 aliphatic heterocycles. The Bertz CT molecular complexity index is 386. The average Bonchev–Trinajstić information content (AvgIpc) is 3.13. The number of nitrogens with zero attached hydrogens (tertiary/aromatic N) is 2. The fraction of sp³-hybridized carbons (Fsp3) is 0.643. The number of rotatable bonds is 2. The molecule has 1 unspecified atom stereocenters. The first-order chi connectivity index (χ1) is 8.24. The molecule has 0 bridgehead atoms. The van der Waals surface area contributed by atoms with E-state index in [9.17, 15) is 5.11 Å². The first kappa shape index (κ1) is 11.0. The maximum Gasteiger partial charge on any atom is 0.0576 e. The smallest absolute Gasteiger partial charge is 0.0576 e. The maximum absolute atomic E-state index is 9.63. The highest BCUT2D eigenvalue weighted by molar-refractivity contribution is 5.46. The molecule has 3 nitrogen and oxygen atoms in total. The molecule has 0 amide bonds. The molecular formula is C14H20N2O. The SMILES string of the molecule is C[C@H]1CC(O)CCN1c1ccc(C2CC2)nc1. The lowest BCUT2D eigenvalue weighted by Gasteiger charge is -2.37. The highest BCUT2D eigenvalue weighted by atomic mass is 16.3. The molecule has 2 aliphatic rings. The van der Waals surface area contributed by atoms with Crippen molar-refractivity contribution < 1.29 is 5.11 Å². The Morgan fingerprint density at radius 3 is 2.71 bits per heavy atom. The summed E-state index contributed by atoms with van der Waals surface area (Å²) in [5.74, 6) is 0.727. The van der Waals surface area contributed by atoms with Crippen molar-refractivity contribution in [2.24, 2.45) is 0 Å². The van der Waals surface area contributed by atoms with Gasteiger partial charge in [-0.2, -0.15) is 0 Å². The van der Waals surface area contributed by atoms with Crippen molar-refractivity contribution in [3.8, 4) is 0 Å². The van der Waals surface area contributed by atoms with Crippen molar-refractivity contribution >= 4 is 5.69 Å². The molecule has 2 heterocycles. The standard InChI is InChI=1S/C14H20N2O/c1-10-8-13(17)6-7-16(10)12-4-5-14(15-9-12)11-2-3-11/h4-5,9-11,13,17H,2-3,6-8H2,1H3/t10-,13?/m0/s1. The van der Waals surface area contributed by atoms with E-state index in [1.165, 1.54) is 24.2 Å². The monoisotopic (exact) mass is 232 g/mol. The molecule has 0 spiro atoms. The summed E-state index contributed by atoms with van der Waals surface area (Å²) in [6.45, 7) is 3.12. The van der Waals surface area contributed by atoms with Crippen LogP contribution in [0.4, 0.5) is 5.69 Å². The largest absolute Gasteiger partial charge is 0.393 e. The van der Waals surface area contributed by atoms with Crippen LogP contribution < -0.4 is 4.90 Å². The lowest BCUT2D eigenvalue weighted by atomic mass is 10.0. The van der Waals surface area contributed by atoms with Crippen LogP contribution in [0.25, 0.3) is 0 Å². The lowest BCUT2D eigenvalue weighted by Crippen LogP contribution is -2.42. The number of pyridine rings is 1. The van der Waals surface area contributed by atoms with Crippen molar-refractivity contribution in [3.05, 3.63) is 24.0 Å². The first-order valence-corrected chi connectivity index (χ1v) is 6.64. The van der Waals surface area contributed by atoms with E-state index in [4.69, 9.17) is 0 Å². The minimum absolute atomic E-state index is 0.125. The predicted octanol–water partition coefficient (Wildman–Crippen LogP) is 2.31. The number of piperidine rings is 1. The van der Waals surface area contributed by atoms with Crippen LogP contribution in [-0.2, 0) is 0 Å². The van der Waals surface area contributed by atoms with Gasteiger partial charge in [0.05, 0.1) is 18.0 Å². The Morgan fingerprint density at radius 1 is 1.29 bits per heavy atom. The molecule has 1 aliphatic carbocycles. The summed E-state index contributed by atoms with van der Waals surface area (Å²) >= 11 is 0. The molecule has 3 rings (SSSR count). The van der Waals surface area contributed by atoms with Crippen molar-refractivity contribution in [1.29, 1.82) is 0 Å². The summed E-state index contributed by atoms with van der Waals surface area (Å²) in [6.07, 6.45) is 6.22. The first-order valence-electron chi connectivity index (χ1n) is 6.64. The molecule has 1 aromatic rings. The molecule has 0 aromatic carbocycles. The number of hydrogen-bond acceptors (Lipinski definition) is 3. The van der Waals surface area contributed by atoms with Gasteiger partial charge in [-0.25, -0.2) is 0 Å². The van der Waals surface area contributed by atoms with E-state index in [0.29, 0.717) is 6.04 Å². The van der Waals surface area contributed by atoms with Gasteiger partial charge in [0.25, 0.3) is 0 Å². The zero-order valence-electron chi connectivity index (χ0n) is 10.3. The summed E-state index contributed by atoms with van der Waals surface area (Å²) in [5.41, 5.74) is 2.45. The third-order valence-corrected chi connectivity index (χ3v) is 3.95. The summed E-state index contributed by atoms with van der Waals surface area (Å²) < 4.78 is 0. The molecule has 17 heavy (non-hydrogen) atoms. The molecule has 1 saturated heterocycles. The number of hydrogen-bond donors (Lipinski definition) is 1. The number of aromatic nitrogens is 1. The number of aliphatic hydroxyl groups excluding tert-OH is 1. The fourth-order valence-corrected chi connectivity index (χ4v) is 2.72. The van der Waals surface area contributed by atoms with Gasteiger partial charge in [0.15, 0.2) is 0 Å². The van der Waals surface area contributed by atoms with E-state index in [1.807, 2.05) is 6.20 Å². The van der Waals surface area contributed by atoms with E-state index >= 15 is 0 Å². The molecule has 1 saturated carbocycles. The second-order valence-electron chi connectivity index (χ2n) is 5.44. The predicted molar refractivity (Wildman–Crippen MR) is 68.3 cm³/mol. The van der Waals surface area contributed by atoms with E-state index in [2.05, 4.69) is 28.9 Å². The fourth-order valence-electron chi connectivity index (χ4n) is 2.72. The number of aliphatic hydroxyl groups is 1. The summed E-state index contributed by atoms with van der Waals surface area (Å²) in [7, 11) is 0. The van der Waals surface area contributed by atoms with Gasteiger partial charge in [-0.1, -0.05) is 0 Å². The van der Waals surface area contributed by atoms with Crippen LogP contribution in [0, 0.1) is 0 Å². The molecule has 2 atom stereocenters. The Kier molecular flexibility index (Phi) is 2.79. The van der Waals surface area contributed by atoms with Gasteiger partial charge in [0, 0.05) is 24.2 Å². The highest BCUT2D eigenvalue weighted by Crippen LogP contribution is 2.39. The normalized spacial score (nSPS) is 29.4. The van der Waals surface area contributed by atoms with E-state index in [0.717, 1.165) is 25.3 Å². The molecule has 2 fully saturated rings. The van der Waals surface area contributed by atoms with Crippen LogP contribution in [0.2, 0.25) is 0 Å². The minimum atomic E-state index is -0.125. The van der Waals surface area contributed by atoms with Gasteiger partial charge >= 0.3 is 0 Å². The summed E-state index contributed by atoms with van der Waals surface area (Å²) in [6, 6.07) is 4.77. The van der Waals surface area contributed by atoms with Gasteiger partial charge in [0.2, 0.25) is 0 Å². The quantitative estimate of drug-likeness (QED) is 0.850. The Hall–Kier alpha value is -1.09. The Labute approximate surface area is 102 Å². The summed E-state index contributed by atoms with van der Waals surface area (Å²) in [5, 5.41) is 9.63. The Balaban J connectivity index is 1.74. The third kappa shape index (κ3) is 2.29. The second kappa shape index (κ2) is 4.30. The van der Waals surface area contributed by atoms with Crippen molar-refractivity contribution in [2.75, 3.05) is 11.4 Å². The second-order valence-corrected chi connectivity index (χ2v) is 5.44. The highest BCUT2D eigenvalue weighted by Gasteiger charge is 2.26. The lowest BCUT2D eigenvalue weighted by molar-refractivity contribution is 0.131. The van der Waals surface area contributed by atoms with Gasteiger partial charge in [0.1, 0.15) is 0 Å². The summed E-state index contributed by atoms with van der Waals surface area (Å²) in [4.78, 5) is 6.92. The van der Waals surface area contributed by atoms with Crippen molar-refractivity contribution in [3.63, 3.8) is 0 Å². The zero-order valence-corrected chi connectivity index (χ0v) is 10.3. The van der Waals surface area contributed by atoms with Crippen LogP contribution in [0.1, 0.15) is 44.2 Å². The number of anilines is 1.